The van der Waals surface area contributed by atoms with Gasteiger partial charge in [-0.2, -0.15) is 0 Å². The molecule has 0 saturated heterocycles. The molecular formula is C22H19N3O4S. The minimum absolute atomic E-state index is 0.132. The Hall–Kier alpha value is -3.52. The molecule has 8 heteroatoms. The van der Waals surface area contributed by atoms with Crippen molar-refractivity contribution in [1.82, 2.24) is 9.88 Å². The summed E-state index contributed by atoms with van der Waals surface area (Å²) < 4.78 is 17.9. The number of furan rings is 1. The number of rotatable bonds is 4. The van der Waals surface area contributed by atoms with Crippen LogP contribution < -0.4 is 14.8 Å². The topological polar surface area (TPSA) is 76.8 Å². The van der Waals surface area contributed by atoms with E-state index in [1.54, 1.807) is 49.6 Å². The zero-order valence-corrected chi connectivity index (χ0v) is 17.4. The van der Waals surface area contributed by atoms with Gasteiger partial charge >= 0.3 is 0 Å². The second-order valence-corrected chi connectivity index (χ2v) is 7.94. The molecule has 7 nitrogen and oxygen atoms in total. The van der Waals surface area contributed by atoms with E-state index in [4.69, 9.17) is 13.9 Å². The Bertz CT molecular complexity index is 1230. The van der Waals surface area contributed by atoms with E-state index >= 15 is 0 Å². The van der Waals surface area contributed by atoms with Gasteiger partial charge in [0, 0.05) is 13.1 Å². The van der Waals surface area contributed by atoms with Gasteiger partial charge in [-0.25, -0.2) is 4.98 Å². The van der Waals surface area contributed by atoms with E-state index in [9.17, 15) is 4.79 Å². The van der Waals surface area contributed by atoms with E-state index in [-0.39, 0.29) is 5.91 Å². The number of hydrogen-bond acceptors (Lipinski definition) is 7. The first kappa shape index (κ1) is 18.5. The molecule has 4 aromatic rings. The SMILES string of the molecule is COc1cc2c(cc1OC)C(=O)N(C)C(c1ccc(-c3nc4ccccc4s3)o1)N2. The Labute approximate surface area is 176 Å². The fourth-order valence-corrected chi connectivity index (χ4v) is 4.51. The maximum Gasteiger partial charge on any atom is 0.257 e. The van der Waals surface area contributed by atoms with Crippen LogP contribution in [0, 0.1) is 0 Å². The molecular weight excluding hydrogens is 402 g/mol. The molecule has 0 saturated carbocycles. The standard InChI is InChI=1S/C22H19N3O4S/c1-25-20(23-14-11-18(28-3)17(27-2)10-12(14)22(25)26)15-8-9-16(29-15)21-24-13-6-4-5-7-19(13)30-21/h4-11,20,23H,1-3H3. The molecule has 152 valence electrons. The van der Waals surface area contributed by atoms with Crippen molar-refractivity contribution in [2.75, 3.05) is 26.6 Å². The molecule has 0 aliphatic carbocycles. The minimum atomic E-state index is -0.453. The first-order valence-electron chi connectivity index (χ1n) is 9.34. The maximum atomic E-state index is 13.0. The van der Waals surface area contributed by atoms with Gasteiger partial charge in [0.05, 0.1) is 35.7 Å². The molecule has 5 rings (SSSR count). The number of carbonyl (C=O) groups is 1. The highest BCUT2D eigenvalue weighted by Gasteiger charge is 2.33. The minimum Gasteiger partial charge on any atom is -0.493 e. The number of hydrogen-bond donors (Lipinski definition) is 1. The molecule has 2 aromatic heterocycles. The fraction of sp³-hybridized carbons (Fsp3) is 0.182. The zero-order chi connectivity index (χ0) is 20.8. The van der Waals surface area contributed by atoms with Crippen LogP contribution in [0.2, 0.25) is 0 Å². The summed E-state index contributed by atoms with van der Waals surface area (Å²) in [5, 5.41) is 4.17. The molecule has 1 N–H and O–H groups in total. The van der Waals surface area contributed by atoms with Crippen LogP contribution in [-0.4, -0.2) is 37.1 Å². The maximum absolute atomic E-state index is 13.0. The number of anilines is 1. The van der Waals surface area contributed by atoms with Gasteiger partial charge in [-0.1, -0.05) is 12.1 Å². The van der Waals surface area contributed by atoms with Gasteiger partial charge in [0.25, 0.3) is 5.91 Å². The highest BCUT2D eigenvalue weighted by atomic mass is 32.1. The van der Waals surface area contributed by atoms with Crippen molar-refractivity contribution in [3.05, 3.63) is 59.9 Å². The summed E-state index contributed by atoms with van der Waals surface area (Å²) in [4.78, 5) is 19.3. The lowest BCUT2D eigenvalue weighted by atomic mass is 10.1. The third kappa shape index (κ3) is 2.88. The average Bonchev–Trinajstić information content (AvgIpc) is 3.42. The molecule has 0 bridgehead atoms. The van der Waals surface area contributed by atoms with Crippen LogP contribution in [0.5, 0.6) is 11.5 Å². The predicted molar refractivity (Wildman–Crippen MR) is 115 cm³/mol. The quantitative estimate of drug-likeness (QED) is 0.512. The Kier molecular flexibility index (Phi) is 4.36. The molecule has 0 spiro atoms. The molecule has 1 atom stereocenters. The summed E-state index contributed by atoms with van der Waals surface area (Å²) in [6.45, 7) is 0. The first-order chi connectivity index (χ1) is 14.6. The molecule has 1 aliphatic heterocycles. The van der Waals surface area contributed by atoms with Crippen LogP contribution >= 0.6 is 11.3 Å². The smallest absolute Gasteiger partial charge is 0.257 e. The number of benzene rings is 2. The van der Waals surface area contributed by atoms with Crippen molar-refractivity contribution in [1.29, 1.82) is 0 Å². The van der Waals surface area contributed by atoms with E-state index in [1.165, 1.54) is 0 Å². The lowest BCUT2D eigenvalue weighted by Crippen LogP contribution is -2.40. The van der Waals surface area contributed by atoms with Crippen molar-refractivity contribution >= 4 is 33.1 Å². The lowest BCUT2D eigenvalue weighted by Gasteiger charge is -2.34. The number of methoxy groups -OCH3 is 2. The van der Waals surface area contributed by atoms with E-state index in [0.29, 0.717) is 34.3 Å². The monoisotopic (exact) mass is 421 g/mol. The van der Waals surface area contributed by atoms with Gasteiger partial charge in [-0.3, -0.25) is 4.79 Å². The summed E-state index contributed by atoms with van der Waals surface area (Å²) in [6, 6.07) is 15.2. The van der Waals surface area contributed by atoms with Crippen LogP contribution in [0.15, 0.2) is 52.9 Å². The fourth-order valence-electron chi connectivity index (χ4n) is 3.58. The number of fused-ring (bicyclic) bond motifs is 2. The van der Waals surface area contributed by atoms with Crippen LogP contribution in [-0.2, 0) is 0 Å². The van der Waals surface area contributed by atoms with Crippen LogP contribution in [0.4, 0.5) is 5.69 Å². The summed E-state index contributed by atoms with van der Waals surface area (Å²) in [5.74, 6) is 2.23. The molecule has 2 aromatic carbocycles. The van der Waals surface area contributed by atoms with Gasteiger partial charge < -0.3 is 24.1 Å². The Morgan fingerprint density at radius 1 is 1.10 bits per heavy atom. The second-order valence-electron chi connectivity index (χ2n) is 6.90. The Morgan fingerprint density at radius 3 is 2.63 bits per heavy atom. The van der Waals surface area contributed by atoms with Gasteiger partial charge in [0.15, 0.2) is 28.4 Å². The Balaban J connectivity index is 1.50. The van der Waals surface area contributed by atoms with Gasteiger partial charge in [0.1, 0.15) is 5.76 Å². The molecule has 3 heterocycles. The van der Waals surface area contributed by atoms with Crippen molar-refractivity contribution < 1.29 is 18.7 Å². The molecule has 0 fully saturated rings. The zero-order valence-electron chi connectivity index (χ0n) is 16.6. The molecule has 1 aliphatic rings. The number of aromatic nitrogens is 1. The number of carbonyl (C=O) groups excluding carboxylic acids is 1. The van der Waals surface area contributed by atoms with E-state index < -0.39 is 6.17 Å². The van der Waals surface area contributed by atoms with Crippen molar-refractivity contribution in [2.45, 2.75) is 6.17 Å². The normalized spacial score (nSPS) is 15.8. The lowest BCUT2D eigenvalue weighted by molar-refractivity contribution is 0.0719. The molecule has 1 unspecified atom stereocenters. The van der Waals surface area contributed by atoms with Gasteiger partial charge in [0.2, 0.25) is 0 Å². The van der Waals surface area contributed by atoms with E-state index in [0.717, 1.165) is 15.2 Å². The van der Waals surface area contributed by atoms with E-state index in [1.807, 2.05) is 36.4 Å². The molecule has 0 radical (unpaired) electrons. The Morgan fingerprint density at radius 2 is 1.87 bits per heavy atom. The summed E-state index contributed by atoms with van der Waals surface area (Å²) >= 11 is 1.57. The number of amides is 1. The molecule has 1 amide bonds. The summed E-state index contributed by atoms with van der Waals surface area (Å²) in [5.41, 5.74) is 2.12. The number of nitrogens with zero attached hydrogens (tertiary/aromatic N) is 2. The summed E-state index contributed by atoms with van der Waals surface area (Å²) in [7, 11) is 4.85. The number of ether oxygens (including phenoxy) is 2. The summed E-state index contributed by atoms with van der Waals surface area (Å²) in [6.07, 6.45) is -0.453. The largest absolute Gasteiger partial charge is 0.493 e. The third-order valence-electron chi connectivity index (χ3n) is 5.15. The van der Waals surface area contributed by atoms with Crippen LogP contribution in [0.25, 0.3) is 21.0 Å². The number of thiazole rings is 1. The number of para-hydroxylation sites is 1. The van der Waals surface area contributed by atoms with Gasteiger partial charge in [-0.15, -0.1) is 11.3 Å². The van der Waals surface area contributed by atoms with Crippen LogP contribution in [0.3, 0.4) is 0 Å². The predicted octanol–water partition coefficient (Wildman–Crippen LogP) is 4.77. The highest BCUT2D eigenvalue weighted by Crippen LogP contribution is 2.40. The van der Waals surface area contributed by atoms with Gasteiger partial charge in [-0.05, 0) is 30.3 Å². The highest BCUT2D eigenvalue weighted by molar-refractivity contribution is 7.21. The second kappa shape index (κ2) is 7.07. The van der Waals surface area contributed by atoms with Crippen molar-refractivity contribution in [3.63, 3.8) is 0 Å². The molecule has 30 heavy (non-hydrogen) atoms. The van der Waals surface area contributed by atoms with Crippen LogP contribution in [0.1, 0.15) is 22.3 Å². The third-order valence-corrected chi connectivity index (χ3v) is 6.21. The van der Waals surface area contributed by atoms with E-state index in [2.05, 4.69) is 10.3 Å². The first-order valence-corrected chi connectivity index (χ1v) is 10.2. The number of nitrogens with one attached hydrogen (secondary N) is 1. The van der Waals surface area contributed by atoms with Crippen molar-refractivity contribution in [3.8, 4) is 22.3 Å². The average molecular weight is 421 g/mol. The van der Waals surface area contributed by atoms with Crippen molar-refractivity contribution in [2.24, 2.45) is 0 Å².